The van der Waals surface area contributed by atoms with Crippen molar-refractivity contribution in [1.29, 1.82) is 0 Å². The molecular weight excluding hydrogens is 232 g/mol. The number of nitrogens with zero attached hydrogens (tertiary/aromatic N) is 1. The summed E-state index contributed by atoms with van der Waals surface area (Å²) in [5.41, 5.74) is 6.39. The van der Waals surface area contributed by atoms with E-state index >= 15 is 0 Å². The summed E-state index contributed by atoms with van der Waals surface area (Å²) in [4.78, 5) is 2.10. The third-order valence-electron chi connectivity index (χ3n) is 3.45. The lowest BCUT2D eigenvalue weighted by Gasteiger charge is -2.13. The van der Waals surface area contributed by atoms with Gasteiger partial charge in [-0.25, -0.2) is 0 Å². The zero-order valence-corrected chi connectivity index (χ0v) is 12.2. The van der Waals surface area contributed by atoms with E-state index in [4.69, 9.17) is 0 Å². The first kappa shape index (κ1) is 13.5. The Bertz CT molecular complexity index is 542. The van der Waals surface area contributed by atoms with E-state index in [1.165, 1.54) is 22.4 Å². The molecule has 2 nitrogen and oxygen atoms in total. The lowest BCUT2D eigenvalue weighted by molar-refractivity contribution is 1.12. The average molecular weight is 254 g/mol. The first-order chi connectivity index (χ1) is 9.06. The fourth-order valence-electron chi connectivity index (χ4n) is 2.00. The number of hydrogen-bond donors (Lipinski definition) is 1. The highest BCUT2D eigenvalue weighted by atomic mass is 15.1. The van der Waals surface area contributed by atoms with Crippen LogP contribution in [0, 0.1) is 13.8 Å². The van der Waals surface area contributed by atoms with Gasteiger partial charge in [-0.1, -0.05) is 18.2 Å². The maximum atomic E-state index is 3.46. The Morgan fingerprint density at radius 1 is 0.895 bits per heavy atom. The van der Waals surface area contributed by atoms with E-state index in [0.717, 1.165) is 12.2 Å². The van der Waals surface area contributed by atoms with Gasteiger partial charge in [0.15, 0.2) is 0 Å². The maximum Gasteiger partial charge on any atom is 0.0400 e. The van der Waals surface area contributed by atoms with Gasteiger partial charge in [0.2, 0.25) is 0 Å². The van der Waals surface area contributed by atoms with Crippen LogP contribution in [0.1, 0.15) is 16.7 Å². The van der Waals surface area contributed by atoms with Crippen molar-refractivity contribution in [1.82, 2.24) is 0 Å². The molecule has 2 rings (SSSR count). The summed E-state index contributed by atoms with van der Waals surface area (Å²) in [7, 11) is 4.11. The van der Waals surface area contributed by atoms with E-state index in [-0.39, 0.29) is 0 Å². The molecule has 0 fully saturated rings. The van der Waals surface area contributed by atoms with E-state index in [2.05, 4.69) is 80.6 Å². The van der Waals surface area contributed by atoms with Crippen molar-refractivity contribution in [3.63, 3.8) is 0 Å². The van der Waals surface area contributed by atoms with E-state index < -0.39 is 0 Å². The van der Waals surface area contributed by atoms with Gasteiger partial charge in [0.05, 0.1) is 0 Å². The van der Waals surface area contributed by atoms with E-state index in [0.29, 0.717) is 0 Å². The average Bonchev–Trinajstić information content (AvgIpc) is 2.40. The number of hydrogen-bond acceptors (Lipinski definition) is 2. The number of aryl methyl sites for hydroxylation is 2. The second-order valence-corrected chi connectivity index (χ2v) is 5.21. The van der Waals surface area contributed by atoms with Crippen molar-refractivity contribution in [2.24, 2.45) is 0 Å². The molecule has 0 saturated carbocycles. The van der Waals surface area contributed by atoms with Gasteiger partial charge < -0.3 is 10.2 Å². The second kappa shape index (κ2) is 5.79. The second-order valence-electron chi connectivity index (χ2n) is 5.21. The van der Waals surface area contributed by atoms with Crippen LogP contribution in [0.3, 0.4) is 0 Å². The standard InChI is InChI=1S/C17H22N2/c1-13-5-6-15(11-14(13)2)12-18-16-7-9-17(10-8-16)19(3)4/h5-11,18H,12H2,1-4H3. The molecule has 0 heterocycles. The van der Waals surface area contributed by atoms with Crippen molar-refractivity contribution in [2.75, 3.05) is 24.3 Å². The Morgan fingerprint density at radius 2 is 1.58 bits per heavy atom. The van der Waals surface area contributed by atoms with Gasteiger partial charge in [-0.3, -0.25) is 0 Å². The predicted octanol–water partition coefficient (Wildman–Crippen LogP) is 3.98. The first-order valence-corrected chi connectivity index (χ1v) is 6.63. The number of anilines is 2. The van der Waals surface area contributed by atoms with Gasteiger partial charge in [0.25, 0.3) is 0 Å². The Balaban J connectivity index is 2.00. The van der Waals surface area contributed by atoms with Gasteiger partial charge in [-0.15, -0.1) is 0 Å². The summed E-state index contributed by atoms with van der Waals surface area (Å²) in [6.07, 6.45) is 0. The molecule has 2 heteroatoms. The smallest absolute Gasteiger partial charge is 0.0400 e. The summed E-state index contributed by atoms with van der Waals surface area (Å²) >= 11 is 0. The summed E-state index contributed by atoms with van der Waals surface area (Å²) < 4.78 is 0. The molecule has 0 spiro atoms. The quantitative estimate of drug-likeness (QED) is 0.887. The molecular formula is C17H22N2. The maximum absolute atomic E-state index is 3.46. The van der Waals surface area contributed by atoms with Crippen molar-refractivity contribution >= 4 is 11.4 Å². The van der Waals surface area contributed by atoms with Crippen LogP contribution >= 0.6 is 0 Å². The fourth-order valence-corrected chi connectivity index (χ4v) is 2.00. The molecule has 0 saturated heterocycles. The molecule has 0 bridgehead atoms. The lowest BCUT2D eigenvalue weighted by Crippen LogP contribution is -2.08. The SMILES string of the molecule is Cc1ccc(CNc2ccc(N(C)C)cc2)cc1C. The molecule has 0 aliphatic heterocycles. The molecule has 0 radical (unpaired) electrons. The summed E-state index contributed by atoms with van der Waals surface area (Å²) in [6, 6.07) is 15.1. The van der Waals surface area contributed by atoms with Gasteiger partial charge in [0.1, 0.15) is 0 Å². The Morgan fingerprint density at radius 3 is 2.16 bits per heavy atom. The summed E-state index contributed by atoms with van der Waals surface area (Å²) in [6.45, 7) is 5.17. The number of rotatable bonds is 4. The zero-order chi connectivity index (χ0) is 13.8. The Labute approximate surface area is 116 Å². The Kier molecular flexibility index (Phi) is 4.10. The van der Waals surface area contributed by atoms with Crippen LogP contribution < -0.4 is 10.2 Å². The molecule has 0 unspecified atom stereocenters. The molecule has 2 aromatic rings. The third kappa shape index (κ3) is 3.50. The van der Waals surface area contributed by atoms with E-state index in [9.17, 15) is 0 Å². The molecule has 0 aromatic heterocycles. The van der Waals surface area contributed by atoms with Crippen LogP contribution in [0.15, 0.2) is 42.5 Å². The monoisotopic (exact) mass is 254 g/mol. The van der Waals surface area contributed by atoms with Crippen LogP contribution in [0.25, 0.3) is 0 Å². The predicted molar refractivity (Wildman–Crippen MR) is 84.0 cm³/mol. The van der Waals surface area contributed by atoms with Crippen molar-refractivity contribution < 1.29 is 0 Å². The summed E-state index contributed by atoms with van der Waals surface area (Å²) in [5.74, 6) is 0. The molecule has 0 aliphatic rings. The van der Waals surface area contributed by atoms with Crippen LogP contribution in [0.2, 0.25) is 0 Å². The van der Waals surface area contributed by atoms with Crippen LogP contribution in [0.5, 0.6) is 0 Å². The van der Waals surface area contributed by atoms with Crippen molar-refractivity contribution in [3.8, 4) is 0 Å². The largest absolute Gasteiger partial charge is 0.381 e. The zero-order valence-electron chi connectivity index (χ0n) is 12.2. The van der Waals surface area contributed by atoms with Crippen LogP contribution in [-0.4, -0.2) is 14.1 Å². The number of nitrogens with one attached hydrogen (secondary N) is 1. The molecule has 2 aromatic carbocycles. The van der Waals surface area contributed by atoms with E-state index in [1.807, 2.05) is 0 Å². The minimum atomic E-state index is 0.864. The van der Waals surface area contributed by atoms with Crippen molar-refractivity contribution in [3.05, 3.63) is 59.2 Å². The molecule has 19 heavy (non-hydrogen) atoms. The van der Waals surface area contributed by atoms with E-state index in [1.54, 1.807) is 0 Å². The highest BCUT2D eigenvalue weighted by molar-refractivity contribution is 5.54. The van der Waals surface area contributed by atoms with Gasteiger partial charge in [-0.2, -0.15) is 0 Å². The normalized spacial score (nSPS) is 10.3. The van der Waals surface area contributed by atoms with Crippen molar-refractivity contribution in [2.45, 2.75) is 20.4 Å². The molecule has 1 N–H and O–H groups in total. The molecule has 100 valence electrons. The minimum Gasteiger partial charge on any atom is -0.381 e. The Hall–Kier alpha value is -1.96. The number of benzene rings is 2. The fraction of sp³-hybridized carbons (Fsp3) is 0.294. The molecule has 0 aliphatic carbocycles. The minimum absolute atomic E-state index is 0.864. The summed E-state index contributed by atoms with van der Waals surface area (Å²) in [5, 5.41) is 3.46. The lowest BCUT2D eigenvalue weighted by atomic mass is 10.1. The highest BCUT2D eigenvalue weighted by Crippen LogP contribution is 2.17. The first-order valence-electron chi connectivity index (χ1n) is 6.63. The highest BCUT2D eigenvalue weighted by Gasteiger charge is 1.98. The topological polar surface area (TPSA) is 15.3 Å². The van der Waals surface area contributed by atoms with Crippen LogP contribution in [-0.2, 0) is 6.54 Å². The van der Waals surface area contributed by atoms with Gasteiger partial charge in [0, 0.05) is 32.0 Å². The van der Waals surface area contributed by atoms with Gasteiger partial charge in [-0.05, 0) is 54.8 Å². The third-order valence-corrected chi connectivity index (χ3v) is 3.45. The molecule has 0 atom stereocenters. The van der Waals surface area contributed by atoms with Gasteiger partial charge >= 0.3 is 0 Å². The molecule has 0 amide bonds. The van der Waals surface area contributed by atoms with Crippen LogP contribution in [0.4, 0.5) is 11.4 Å².